The number of aromatic hydroxyl groups is 1. The summed E-state index contributed by atoms with van der Waals surface area (Å²) in [5.41, 5.74) is 11.0. The minimum Gasteiger partial charge on any atom is -0.493 e. The molecule has 0 spiro atoms. The van der Waals surface area contributed by atoms with E-state index in [2.05, 4.69) is 15.0 Å². The van der Waals surface area contributed by atoms with Crippen molar-refractivity contribution >= 4 is 26.8 Å². The molecule has 0 fully saturated rings. The Balaban J connectivity index is 2.27. The molecule has 1 heterocycles. The van der Waals surface area contributed by atoms with Crippen LogP contribution in [0.25, 0.3) is 32.5 Å². The number of carbonyl (C=O) groups is 1. The van der Waals surface area contributed by atoms with Crippen molar-refractivity contribution in [2.24, 2.45) is 5.11 Å². The summed E-state index contributed by atoms with van der Waals surface area (Å²) in [6.07, 6.45) is 0. The van der Waals surface area contributed by atoms with Crippen LogP contribution in [0.4, 0.5) is 0 Å². The number of benzene rings is 2. The summed E-state index contributed by atoms with van der Waals surface area (Å²) < 4.78 is 25.9. The largest absolute Gasteiger partial charge is 0.493 e. The van der Waals surface area contributed by atoms with Gasteiger partial charge in [-0.2, -0.15) is 0 Å². The van der Waals surface area contributed by atoms with Gasteiger partial charge in [0, 0.05) is 36.0 Å². The first kappa shape index (κ1) is 20.3. The summed E-state index contributed by atoms with van der Waals surface area (Å²) in [6.45, 7) is 1.81. The third-order valence-electron chi connectivity index (χ3n) is 4.45. The molecule has 0 aliphatic heterocycles. The van der Waals surface area contributed by atoms with Gasteiger partial charge in [0.1, 0.15) is 0 Å². The van der Waals surface area contributed by atoms with Gasteiger partial charge < -0.3 is 5.11 Å². The Morgan fingerprint density at radius 3 is 2.55 bits per heavy atom. The Morgan fingerprint density at radius 1 is 1.17 bits per heavy atom. The number of carbonyl (C=O) groups excluding carboxylic acids is 1. The lowest BCUT2D eigenvalue weighted by Gasteiger charge is -2.14. The summed E-state index contributed by atoms with van der Waals surface area (Å²) in [4.78, 5) is 18.9. The second kappa shape index (κ2) is 7.51. The molecule has 0 aliphatic carbocycles. The minimum absolute atomic E-state index is 0.0329. The van der Waals surface area contributed by atoms with Gasteiger partial charge in [-0.1, -0.05) is 12.1 Å². The van der Waals surface area contributed by atoms with Crippen molar-refractivity contribution < 1.29 is 18.3 Å². The van der Waals surface area contributed by atoms with E-state index >= 15 is 0 Å². The maximum absolute atomic E-state index is 12.4. The molecule has 0 unspecified atom stereocenters. The van der Waals surface area contributed by atoms with Gasteiger partial charge in [-0.15, -0.1) is 0 Å². The van der Waals surface area contributed by atoms with Crippen molar-refractivity contribution in [2.75, 3.05) is 14.1 Å². The summed E-state index contributed by atoms with van der Waals surface area (Å²) >= 11 is 0. The number of sulfonamides is 1. The van der Waals surface area contributed by atoms with Gasteiger partial charge in [-0.3, -0.25) is 4.79 Å². The van der Waals surface area contributed by atoms with E-state index in [1.165, 1.54) is 38.4 Å². The Kier molecular flexibility index (Phi) is 5.25. The lowest BCUT2D eigenvalue weighted by atomic mass is 9.97. The maximum Gasteiger partial charge on any atom is 0.249 e. The second-order valence-corrected chi connectivity index (χ2v) is 8.67. The molecule has 148 valence electrons. The van der Waals surface area contributed by atoms with Gasteiger partial charge in [0.15, 0.2) is 0 Å². The zero-order valence-corrected chi connectivity index (χ0v) is 16.7. The van der Waals surface area contributed by atoms with Crippen LogP contribution in [-0.4, -0.2) is 42.8 Å². The van der Waals surface area contributed by atoms with E-state index in [0.29, 0.717) is 16.6 Å². The maximum atomic E-state index is 12.4. The molecule has 3 aromatic rings. The predicted octanol–water partition coefficient (Wildman–Crippen LogP) is 3.62. The Bertz CT molecular complexity index is 1300. The molecule has 0 radical (unpaired) electrons. The zero-order valence-electron chi connectivity index (χ0n) is 15.9. The number of nitrogens with zero attached hydrogens (tertiary/aromatic N) is 5. The lowest BCUT2D eigenvalue weighted by molar-refractivity contribution is 0.100. The van der Waals surface area contributed by atoms with Gasteiger partial charge in [0.25, 0.3) is 0 Å². The fourth-order valence-electron chi connectivity index (χ4n) is 2.96. The third-order valence-corrected chi connectivity index (χ3v) is 6.26. The molecule has 0 aliphatic rings. The van der Waals surface area contributed by atoms with Crippen LogP contribution in [-0.2, 0) is 10.0 Å². The number of aryl methyl sites for hydroxylation is 1. The highest BCUT2D eigenvalue weighted by atomic mass is 32.2. The van der Waals surface area contributed by atoms with Gasteiger partial charge >= 0.3 is 0 Å². The van der Waals surface area contributed by atoms with E-state index in [0.717, 1.165) is 15.3 Å². The van der Waals surface area contributed by atoms with Gasteiger partial charge in [0.05, 0.1) is 10.4 Å². The van der Waals surface area contributed by atoms with Crippen molar-refractivity contribution in [3.8, 4) is 17.0 Å². The Morgan fingerprint density at radius 2 is 1.90 bits per heavy atom. The second-order valence-electron chi connectivity index (χ2n) is 6.52. The van der Waals surface area contributed by atoms with E-state index in [1.54, 1.807) is 18.2 Å². The number of amides is 1. The quantitative estimate of drug-likeness (QED) is 0.397. The van der Waals surface area contributed by atoms with Crippen LogP contribution < -0.4 is 0 Å². The molecule has 1 amide bonds. The molecule has 0 saturated carbocycles. The topological polar surface area (TPSA) is 136 Å². The first-order valence-corrected chi connectivity index (χ1v) is 9.86. The molecular weight excluding hydrogens is 394 g/mol. The molecule has 0 saturated heterocycles. The van der Waals surface area contributed by atoms with Gasteiger partial charge in [-0.05, 0) is 58.5 Å². The van der Waals surface area contributed by atoms with Crippen LogP contribution in [0.5, 0.6) is 5.88 Å². The molecule has 29 heavy (non-hydrogen) atoms. The predicted molar refractivity (Wildman–Crippen MR) is 108 cm³/mol. The van der Waals surface area contributed by atoms with Crippen molar-refractivity contribution in [1.29, 1.82) is 0 Å². The molecule has 10 heteroatoms. The molecular formula is C19H17N5O4S. The third kappa shape index (κ3) is 3.77. The van der Waals surface area contributed by atoms with Gasteiger partial charge in [-0.25, -0.2) is 17.7 Å². The van der Waals surface area contributed by atoms with Crippen LogP contribution >= 0.6 is 0 Å². The van der Waals surface area contributed by atoms with E-state index in [4.69, 9.17) is 5.53 Å². The number of hydrogen-bond acceptors (Lipinski definition) is 5. The van der Waals surface area contributed by atoms with E-state index in [9.17, 15) is 18.3 Å². The monoisotopic (exact) mass is 411 g/mol. The first-order chi connectivity index (χ1) is 13.6. The van der Waals surface area contributed by atoms with Crippen LogP contribution in [0.3, 0.4) is 0 Å². The van der Waals surface area contributed by atoms with E-state index in [-0.39, 0.29) is 16.3 Å². The SMILES string of the molecule is Cc1cc(O)nc2ccc(-c3ccc(S(=O)(=O)N(C)C)cc3C(=O)N=[N+]=[N-])cc12. The van der Waals surface area contributed by atoms with Crippen LogP contribution in [0.15, 0.2) is 52.5 Å². The fraction of sp³-hybridized carbons (Fsp3) is 0.158. The molecule has 0 bridgehead atoms. The molecule has 2 aromatic carbocycles. The zero-order chi connectivity index (χ0) is 21.3. The van der Waals surface area contributed by atoms with E-state index in [1.807, 2.05) is 6.92 Å². The Hall–Kier alpha value is -3.46. The first-order valence-electron chi connectivity index (χ1n) is 8.42. The molecule has 1 N–H and O–H groups in total. The number of pyridine rings is 1. The summed E-state index contributed by atoms with van der Waals surface area (Å²) in [7, 11) is -1.02. The number of azide groups is 1. The van der Waals surface area contributed by atoms with Crippen LogP contribution in [0, 0.1) is 6.92 Å². The average molecular weight is 411 g/mol. The smallest absolute Gasteiger partial charge is 0.249 e. The average Bonchev–Trinajstić information content (AvgIpc) is 2.67. The number of fused-ring (bicyclic) bond motifs is 1. The summed E-state index contributed by atoms with van der Waals surface area (Å²) in [5, 5.41) is 13.5. The van der Waals surface area contributed by atoms with Crippen LogP contribution in [0.1, 0.15) is 15.9 Å². The summed E-state index contributed by atoms with van der Waals surface area (Å²) in [5.74, 6) is -0.987. The van der Waals surface area contributed by atoms with Crippen LogP contribution in [0.2, 0.25) is 0 Å². The highest BCUT2D eigenvalue weighted by Crippen LogP contribution is 2.31. The molecule has 0 atom stereocenters. The molecule has 3 rings (SSSR count). The minimum atomic E-state index is -3.78. The number of rotatable bonds is 4. The van der Waals surface area contributed by atoms with Crippen molar-refractivity contribution in [3.63, 3.8) is 0 Å². The summed E-state index contributed by atoms with van der Waals surface area (Å²) in [6, 6.07) is 10.8. The standard InChI is InChI=1S/C19H17N5O4S/c1-11-8-18(25)21-17-7-4-12(9-15(11)17)14-6-5-13(29(27,28)24(2)3)10-16(14)19(26)22-23-20/h4-10H,1-3H3,(H,21,25). The van der Waals surface area contributed by atoms with Gasteiger partial charge in [0.2, 0.25) is 21.8 Å². The van der Waals surface area contributed by atoms with Crippen molar-refractivity contribution in [3.05, 3.63) is 64.0 Å². The lowest BCUT2D eigenvalue weighted by Crippen LogP contribution is -2.22. The highest BCUT2D eigenvalue weighted by molar-refractivity contribution is 7.89. The highest BCUT2D eigenvalue weighted by Gasteiger charge is 2.21. The number of hydrogen-bond donors (Lipinski definition) is 1. The van der Waals surface area contributed by atoms with Crippen molar-refractivity contribution in [1.82, 2.24) is 9.29 Å². The Labute approximate surface area is 166 Å². The fourth-order valence-corrected chi connectivity index (χ4v) is 3.89. The normalized spacial score (nSPS) is 11.4. The molecule has 9 nitrogen and oxygen atoms in total. The van der Waals surface area contributed by atoms with Crippen molar-refractivity contribution in [2.45, 2.75) is 11.8 Å². The molecule has 1 aromatic heterocycles. The number of aromatic nitrogens is 1. The van der Waals surface area contributed by atoms with E-state index < -0.39 is 15.9 Å².